The Morgan fingerprint density at radius 3 is 2.24 bits per heavy atom. The van der Waals surface area contributed by atoms with E-state index in [1.54, 1.807) is 49.3 Å². The molecule has 0 saturated heterocycles. The van der Waals surface area contributed by atoms with Crippen LogP contribution in [0.15, 0.2) is 67.0 Å². The molecule has 6 nitrogen and oxygen atoms in total. The lowest BCUT2D eigenvalue weighted by atomic mass is 10.1. The number of Topliss-reactive ketones (excluding diaryl/α,β-unsaturated/α-hetero) is 1. The van der Waals surface area contributed by atoms with Gasteiger partial charge in [-0.15, -0.1) is 0 Å². The average Bonchev–Trinajstić information content (AvgIpc) is 3.69. The molecule has 1 aliphatic carbocycles. The molecule has 1 aromatic heterocycles. The standard InChI is InChI=1S/C27H26N4O2/c1-19(32)22-6-4-20(5-7-22)17-31(26-12-13-26)18-21-14-23(16-29-15-21)27(33)30(3)25-10-8-24(28-2)9-11-25/h4-11,14-16,26H,12-13,17-18H2,1,3H3. The van der Waals surface area contributed by atoms with Gasteiger partial charge >= 0.3 is 0 Å². The summed E-state index contributed by atoms with van der Waals surface area (Å²) in [4.78, 5) is 36.3. The van der Waals surface area contributed by atoms with E-state index in [2.05, 4.69) is 14.7 Å². The Bertz CT molecular complexity index is 1190. The maximum atomic E-state index is 13.0. The predicted octanol–water partition coefficient (Wildman–Crippen LogP) is 5.28. The van der Waals surface area contributed by atoms with Crippen molar-refractivity contribution in [2.75, 3.05) is 11.9 Å². The van der Waals surface area contributed by atoms with Crippen LogP contribution in [0.4, 0.5) is 11.4 Å². The highest BCUT2D eigenvalue weighted by molar-refractivity contribution is 6.05. The van der Waals surface area contributed by atoms with Crippen molar-refractivity contribution in [2.45, 2.75) is 38.9 Å². The zero-order valence-electron chi connectivity index (χ0n) is 18.9. The number of hydrogen-bond donors (Lipinski definition) is 0. The van der Waals surface area contributed by atoms with Gasteiger partial charge in [0.15, 0.2) is 11.5 Å². The number of pyridine rings is 1. The molecule has 0 atom stereocenters. The van der Waals surface area contributed by atoms with Crippen molar-refractivity contribution in [3.63, 3.8) is 0 Å². The van der Waals surface area contributed by atoms with Crippen LogP contribution in [-0.4, -0.2) is 34.7 Å². The molecular weight excluding hydrogens is 412 g/mol. The molecule has 1 fully saturated rings. The number of carbonyl (C=O) groups excluding carboxylic acids is 2. The number of anilines is 1. The van der Waals surface area contributed by atoms with E-state index < -0.39 is 0 Å². The van der Waals surface area contributed by atoms with Gasteiger partial charge in [-0.3, -0.25) is 19.5 Å². The molecule has 4 rings (SSSR count). The van der Waals surface area contributed by atoms with Crippen molar-refractivity contribution in [3.8, 4) is 0 Å². The Morgan fingerprint density at radius 1 is 0.970 bits per heavy atom. The van der Waals surface area contributed by atoms with Crippen LogP contribution >= 0.6 is 0 Å². The summed E-state index contributed by atoms with van der Waals surface area (Å²) in [5, 5.41) is 0. The van der Waals surface area contributed by atoms with Crippen LogP contribution in [0.5, 0.6) is 0 Å². The van der Waals surface area contributed by atoms with Crippen molar-refractivity contribution in [3.05, 3.63) is 101 Å². The van der Waals surface area contributed by atoms with Crippen molar-refractivity contribution in [2.24, 2.45) is 0 Å². The summed E-state index contributed by atoms with van der Waals surface area (Å²) in [7, 11) is 1.73. The van der Waals surface area contributed by atoms with Crippen molar-refractivity contribution >= 4 is 23.1 Å². The fourth-order valence-electron chi connectivity index (χ4n) is 3.82. The predicted molar refractivity (Wildman–Crippen MR) is 128 cm³/mol. The Labute approximate surface area is 194 Å². The van der Waals surface area contributed by atoms with E-state index in [4.69, 9.17) is 6.57 Å². The third kappa shape index (κ3) is 5.51. The number of aromatic nitrogens is 1. The molecule has 1 heterocycles. The topological polar surface area (TPSA) is 57.9 Å². The van der Waals surface area contributed by atoms with E-state index in [9.17, 15) is 9.59 Å². The molecule has 1 amide bonds. The summed E-state index contributed by atoms with van der Waals surface area (Å²) in [5.41, 5.74) is 4.68. The molecule has 1 saturated carbocycles. The first-order chi connectivity index (χ1) is 15.9. The van der Waals surface area contributed by atoms with Crippen LogP contribution in [-0.2, 0) is 13.1 Å². The van der Waals surface area contributed by atoms with Gasteiger partial charge in [0.1, 0.15) is 0 Å². The van der Waals surface area contributed by atoms with Gasteiger partial charge in [0.05, 0.1) is 12.1 Å². The van der Waals surface area contributed by atoms with Crippen LogP contribution in [0.3, 0.4) is 0 Å². The SMILES string of the molecule is [C-]#[N+]c1ccc(N(C)C(=O)c2cncc(CN(Cc3ccc(C(C)=O)cc3)C3CC3)c2)cc1. The largest absolute Gasteiger partial charge is 0.311 e. The lowest BCUT2D eigenvalue weighted by Crippen LogP contribution is -2.27. The molecule has 0 aliphatic heterocycles. The molecule has 0 unspecified atom stereocenters. The van der Waals surface area contributed by atoms with E-state index in [-0.39, 0.29) is 11.7 Å². The fraction of sp³-hybridized carbons (Fsp3) is 0.259. The van der Waals surface area contributed by atoms with Crippen LogP contribution in [0.25, 0.3) is 4.85 Å². The van der Waals surface area contributed by atoms with Gasteiger partial charge in [-0.25, -0.2) is 4.85 Å². The molecule has 166 valence electrons. The van der Waals surface area contributed by atoms with E-state index in [1.807, 2.05) is 36.5 Å². The molecule has 0 radical (unpaired) electrons. The molecule has 0 spiro atoms. The molecule has 0 N–H and O–H groups in total. The van der Waals surface area contributed by atoms with Crippen molar-refractivity contribution in [1.82, 2.24) is 9.88 Å². The molecule has 1 aliphatic rings. The van der Waals surface area contributed by atoms with Crippen LogP contribution in [0.2, 0.25) is 0 Å². The molecule has 3 aromatic rings. The maximum Gasteiger partial charge on any atom is 0.259 e. The van der Waals surface area contributed by atoms with E-state index >= 15 is 0 Å². The van der Waals surface area contributed by atoms with Crippen LogP contribution in [0.1, 0.15) is 51.6 Å². The van der Waals surface area contributed by atoms with Gasteiger partial charge in [0, 0.05) is 49.8 Å². The Morgan fingerprint density at radius 2 is 1.64 bits per heavy atom. The number of amides is 1. The minimum atomic E-state index is -0.141. The quantitative estimate of drug-likeness (QED) is 0.355. The number of nitrogens with zero attached hydrogens (tertiary/aromatic N) is 4. The highest BCUT2D eigenvalue weighted by atomic mass is 16.2. The van der Waals surface area contributed by atoms with E-state index in [1.165, 1.54) is 12.8 Å². The molecular formula is C27H26N4O2. The number of benzene rings is 2. The lowest BCUT2D eigenvalue weighted by molar-refractivity contribution is 0.0989. The second-order valence-electron chi connectivity index (χ2n) is 8.46. The molecule has 2 aromatic carbocycles. The number of rotatable bonds is 8. The van der Waals surface area contributed by atoms with Gasteiger partial charge in [-0.05, 0) is 49.1 Å². The van der Waals surface area contributed by atoms with Crippen molar-refractivity contribution in [1.29, 1.82) is 0 Å². The molecule has 6 heteroatoms. The van der Waals surface area contributed by atoms with E-state index in [0.29, 0.717) is 23.8 Å². The summed E-state index contributed by atoms with van der Waals surface area (Å²) in [5.74, 6) is -0.0711. The van der Waals surface area contributed by atoms with Gasteiger partial charge in [0.2, 0.25) is 0 Å². The first-order valence-electron chi connectivity index (χ1n) is 11.0. The Balaban J connectivity index is 1.47. The third-order valence-electron chi connectivity index (χ3n) is 5.91. The summed E-state index contributed by atoms with van der Waals surface area (Å²) in [6.45, 7) is 10.1. The number of ketones is 1. The van der Waals surface area contributed by atoms with Gasteiger partial charge in [-0.2, -0.15) is 0 Å². The first kappa shape index (κ1) is 22.4. The second-order valence-corrected chi connectivity index (χ2v) is 8.46. The molecule has 33 heavy (non-hydrogen) atoms. The Kier molecular flexibility index (Phi) is 6.62. The summed E-state index contributed by atoms with van der Waals surface area (Å²) in [6, 6.07) is 17.2. The summed E-state index contributed by atoms with van der Waals surface area (Å²) >= 11 is 0. The lowest BCUT2D eigenvalue weighted by Gasteiger charge is -2.23. The smallest absolute Gasteiger partial charge is 0.259 e. The molecule has 0 bridgehead atoms. The highest BCUT2D eigenvalue weighted by Crippen LogP contribution is 2.30. The third-order valence-corrected chi connectivity index (χ3v) is 5.91. The minimum absolute atomic E-state index is 0.0699. The fourth-order valence-corrected chi connectivity index (χ4v) is 3.82. The van der Waals surface area contributed by atoms with Crippen LogP contribution < -0.4 is 4.90 Å². The van der Waals surface area contributed by atoms with Gasteiger partial charge in [-0.1, -0.05) is 36.4 Å². The average molecular weight is 439 g/mol. The van der Waals surface area contributed by atoms with Crippen molar-refractivity contribution < 1.29 is 9.59 Å². The van der Waals surface area contributed by atoms with Gasteiger partial charge in [0.25, 0.3) is 5.91 Å². The minimum Gasteiger partial charge on any atom is -0.311 e. The first-order valence-corrected chi connectivity index (χ1v) is 11.0. The van der Waals surface area contributed by atoms with E-state index in [0.717, 1.165) is 28.9 Å². The Hall–Kier alpha value is -3.82. The number of carbonyl (C=O) groups is 2. The van der Waals surface area contributed by atoms with Crippen LogP contribution in [0, 0.1) is 6.57 Å². The normalized spacial score (nSPS) is 12.9. The number of hydrogen-bond acceptors (Lipinski definition) is 4. The second kappa shape index (κ2) is 9.76. The zero-order chi connectivity index (χ0) is 23.4. The summed E-state index contributed by atoms with van der Waals surface area (Å²) < 4.78 is 0. The highest BCUT2D eigenvalue weighted by Gasteiger charge is 2.29. The van der Waals surface area contributed by atoms with Gasteiger partial charge < -0.3 is 4.90 Å². The zero-order valence-corrected chi connectivity index (χ0v) is 18.9. The monoisotopic (exact) mass is 438 g/mol. The summed E-state index contributed by atoms with van der Waals surface area (Å²) in [6.07, 6.45) is 5.75. The maximum absolute atomic E-state index is 13.0.